The van der Waals surface area contributed by atoms with E-state index in [9.17, 15) is 19.5 Å². The summed E-state index contributed by atoms with van der Waals surface area (Å²) >= 11 is 1.22. The zero-order valence-electron chi connectivity index (χ0n) is 23.1. The molecule has 1 unspecified atom stereocenters. The molecule has 3 aromatic rings. The molecule has 218 valence electrons. The number of hydrogen-bond donors (Lipinski definition) is 5. The first-order valence-electron chi connectivity index (χ1n) is 13.7. The van der Waals surface area contributed by atoms with Gasteiger partial charge < -0.3 is 32.1 Å². The van der Waals surface area contributed by atoms with Crippen molar-refractivity contribution >= 4 is 45.1 Å². The summed E-state index contributed by atoms with van der Waals surface area (Å²) in [6.07, 6.45) is 2.47. The van der Waals surface area contributed by atoms with E-state index in [0.29, 0.717) is 50.7 Å². The first-order chi connectivity index (χ1) is 19.8. The lowest BCUT2D eigenvalue weighted by Crippen LogP contribution is -2.54. The van der Waals surface area contributed by atoms with Crippen LogP contribution < -0.4 is 22.1 Å². The zero-order valence-corrected chi connectivity index (χ0v) is 23.9. The van der Waals surface area contributed by atoms with Gasteiger partial charge in [0.2, 0.25) is 17.6 Å². The lowest BCUT2D eigenvalue weighted by atomic mass is 10.0. The molecule has 11 nitrogen and oxygen atoms in total. The van der Waals surface area contributed by atoms with Crippen molar-refractivity contribution in [1.82, 2.24) is 20.5 Å². The first-order valence-corrected chi connectivity index (χ1v) is 14.5. The minimum Gasteiger partial charge on any atom is -0.392 e. The largest absolute Gasteiger partial charge is 0.392 e. The van der Waals surface area contributed by atoms with Gasteiger partial charge in [0.1, 0.15) is 6.04 Å². The highest BCUT2D eigenvalue weighted by Gasteiger charge is 2.38. The first kappa shape index (κ1) is 30.1. The fourth-order valence-corrected chi connectivity index (χ4v) is 6.05. The Labute approximate surface area is 243 Å². The second kappa shape index (κ2) is 14.2. The second-order valence-electron chi connectivity index (χ2n) is 10.1. The Morgan fingerprint density at radius 2 is 1.93 bits per heavy atom. The molecule has 7 N–H and O–H groups in total. The number of nitrogens with one attached hydrogen (secondary N) is 2. The number of guanidine groups is 1. The average Bonchev–Trinajstić information content (AvgIpc) is 3.64. The summed E-state index contributed by atoms with van der Waals surface area (Å²) in [7, 11) is 1.74. The maximum Gasteiger partial charge on any atom is 0.243 e. The van der Waals surface area contributed by atoms with Gasteiger partial charge in [-0.05, 0) is 62.4 Å². The van der Waals surface area contributed by atoms with Crippen molar-refractivity contribution in [3.05, 3.63) is 64.7 Å². The fourth-order valence-electron chi connectivity index (χ4n) is 5.03. The quantitative estimate of drug-likeness (QED) is 0.0872. The van der Waals surface area contributed by atoms with Gasteiger partial charge in [0, 0.05) is 13.1 Å². The molecular weight excluding hydrogens is 542 g/mol. The molecule has 1 fully saturated rings. The topological polar surface area (TPSA) is 176 Å². The van der Waals surface area contributed by atoms with Crippen LogP contribution in [0.3, 0.4) is 0 Å². The van der Waals surface area contributed by atoms with Crippen LogP contribution in [-0.4, -0.2) is 76.8 Å². The second-order valence-corrected chi connectivity index (χ2v) is 11.1. The van der Waals surface area contributed by atoms with Crippen LogP contribution in [0, 0.1) is 0 Å². The van der Waals surface area contributed by atoms with Crippen molar-refractivity contribution in [1.29, 1.82) is 0 Å². The molecule has 0 saturated carbocycles. The molecule has 0 radical (unpaired) electrons. The van der Waals surface area contributed by atoms with E-state index in [-0.39, 0.29) is 35.2 Å². The van der Waals surface area contributed by atoms with E-state index in [2.05, 4.69) is 20.6 Å². The van der Waals surface area contributed by atoms with Crippen LogP contribution in [0.4, 0.5) is 0 Å². The van der Waals surface area contributed by atoms with Gasteiger partial charge in [-0.3, -0.25) is 19.4 Å². The number of Topliss-reactive ketones (excluding diaryl/α,β-unsaturated/α-hetero) is 1. The predicted octanol–water partition coefficient (Wildman–Crippen LogP) is 1.33. The van der Waals surface area contributed by atoms with Crippen LogP contribution >= 0.6 is 11.3 Å². The number of aliphatic hydroxyl groups is 1. The van der Waals surface area contributed by atoms with Crippen LogP contribution in [0.25, 0.3) is 10.2 Å². The Hall–Kier alpha value is -3.87. The van der Waals surface area contributed by atoms with Gasteiger partial charge in [0.15, 0.2) is 11.0 Å². The number of amides is 2. The molecule has 0 aliphatic carbocycles. The van der Waals surface area contributed by atoms with Gasteiger partial charge in [-0.25, -0.2) is 4.98 Å². The molecule has 1 saturated heterocycles. The number of benzene rings is 2. The summed E-state index contributed by atoms with van der Waals surface area (Å²) in [4.78, 5) is 50.8. The molecule has 1 aromatic heterocycles. The number of thiazole rings is 1. The Morgan fingerprint density at radius 3 is 2.63 bits per heavy atom. The number of aliphatic imine (C=N–C) groups is 1. The molecule has 0 bridgehead atoms. The van der Waals surface area contributed by atoms with E-state index in [4.69, 9.17) is 11.5 Å². The van der Waals surface area contributed by atoms with Crippen LogP contribution in [0.2, 0.25) is 0 Å². The van der Waals surface area contributed by atoms with Crippen LogP contribution in [0.5, 0.6) is 0 Å². The van der Waals surface area contributed by atoms with Crippen LogP contribution in [0.15, 0.2) is 53.5 Å². The molecule has 41 heavy (non-hydrogen) atoms. The smallest absolute Gasteiger partial charge is 0.243 e. The fraction of sp³-hybridized carbons (Fsp3) is 0.414. The maximum atomic E-state index is 13.6. The van der Waals surface area contributed by atoms with Crippen molar-refractivity contribution in [2.24, 2.45) is 16.5 Å². The highest BCUT2D eigenvalue weighted by molar-refractivity contribution is 7.20. The maximum absolute atomic E-state index is 13.6. The van der Waals surface area contributed by atoms with E-state index < -0.39 is 18.1 Å². The predicted molar refractivity (Wildman–Crippen MR) is 159 cm³/mol. The summed E-state index contributed by atoms with van der Waals surface area (Å²) in [6.45, 7) is 0.661. The number of aliphatic hydroxyl groups excluding tert-OH is 1. The molecule has 3 atom stereocenters. The summed E-state index contributed by atoms with van der Waals surface area (Å²) in [5.41, 5.74) is 13.3. The summed E-state index contributed by atoms with van der Waals surface area (Å²) in [5.74, 6) is -0.870. The van der Waals surface area contributed by atoms with E-state index in [1.807, 2.05) is 30.3 Å². The van der Waals surface area contributed by atoms with E-state index in [1.54, 1.807) is 30.1 Å². The number of fused-ring (bicyclic) bond motifs is 1. The van der Waals surface area contributed by atoms with Gasteiger partial charge in [0.05, 0.1) is 28.9 Å². The molecule has 2 heterocycles. The number of likely N-dealkylation sites (N-methyl/N-ethyl adjacent to an activating group) is 1. The SMILES string of the molecule is CN[C@H](Cc1ccccc1)C(=O)N1CCC[C@H]1C(=O)NC(CCCN=C(N)N)C(=O)c1nc2ccc(CO)cc2s1. The third-order valence-corrected chi connectivity index (χ3v) is 8.22. The molecule has 12 heteroatoms. The number of carbonyl (C=O) groups excluding carboxylic acids is 3. The number of likely N-dealkylation sites (tertiary alicyclic amines) is 1. The summed E-state index contributed by atoms with van der Waals surface area (Å²) < 4.78 is 0.773. The third kappa shape index (κ3) is 7.66. The van der Waals surface area contributed by atoms with Gasteiger partial charge in [0.25, 0.3) is 0 Å². The normalized spacial score (nSPS) is 16.3. The van der Waals surface area contributed by atoms with E-state index >= 15 is 0 Å². The number of rotatable bonds is 13. The third-order valence-electron chi connectivity index (χ3n) is 7.19. The van der Waals surface area contributed by atoms with Gasteiger partial charge >= 0.3 is 0 Å². The van der Waals surface area contributed by atoms with Crippen molar-refractivity contribution in [2.75, 3.05) is 20.1 Å². The lowest BCUT2D eigenvalue weighted by Gasteiger charge is -2.29. The number of nitrogens with zero attached hydrogens (tertiary/aromatic N) is 3. The van der Waals surface area contributed by atoms with E-state index in [1.165, 1.54) is 11.3 Å². The number of hydrogen-bond acceptors (Lipinski definition) is 8. The molecule has 4 rings (SSSR count). The standard InChI is InChI=1S/C29H37N7O4S/c1-32-22(15-18-7-3-2-4-8-18)28(40)36-14-6-10-23(36)26(39)34-21(9-5-13-33-29(30)31)25(38)27-35-20-12-11-19(17-37)16-24(20)41-27/h2-4,7-8,11-12,16,21-23,32,37H,5-6,9-10,13-15,17H2,1H3,(H,34,39)(H4,30,31,33)/t21?,22-,23+/m1/s1. The molecule has 2 aromatic carbocycles. The molecule has 1 aliphatic heterocycles. The Balaban J connectivity index is 1.50. The molecule has 2 amide bonds. The van der Waals surface area contributed by atoms with Crippen LogP contribution in [-0.2, 0) is 22.6 Å². The van der Waals surface area contributed by atoms with E-state index in [0.717, 1.165) is 15.8 Å². The van der Waals surface area contributed by atoms with Gasteiger partial charge in [-0.15, -0.1) is 11.3 Å². The van der Waals surface area contributed by atoms with Crippen molar-refractivity contribution in [2.45, 2.75) is 56.8 Å². The Bertz CT molecular complexity index is 1390. The van der Waals surface area contributed by atoms with Gasteiger partial charge in [-0.1, -0.05) is 36.4 Å². The Morgan fingerprint density at radius 1 is 1.15 bits per heavy atom. The molecule has 1 aliphatic rings. The highest BCUT2D eigenvalue weighted by atomic mass is 32.1. The number of nitrogens with two attached hydrogens (primary N) is 2. The summed E-state index contributed by atoms with van der Waals surface area (Å²) in [5, 5.41) is 15.7. The molecule has 0 spiro atoms. The van der Waals surface area contributed by atoms with Crippen LogP contribution in [0.1, 0.15) is 46.6 Å². The van der Waals surface area contributed by atoms with Crippen molar-refractivity contribution in [3.63, 3.8) is 0 Å². The molecular formula is C29H37N7O4S. The average molecular weight is 580 g/mol. The highest BCUT2D eigenvalue weighted by Crippen LogP contribution is 2.26. The lowest BCUT2D eigenvalue weighted by molar-refractivity contribution is -0.140. The number of aromatic nitrogens is 1. The minimum atomic E-state index is -0.864. The van der Waals surface area contributed by atoms with Crippen molar-refractivity contribution < 1.29 is 19.5 Å². The van der Waals surface area contributed by atoms with Gasteiger partial charge in [-0.2, -0.15) is 0 Å². The zero-order chi connectivity index (χ0) is 29.4. The monoisotopic (exact) mass is 579 g/mol. The minimum absolute atomic E-state index is 0.0440. The Kier molecular flexibility index (Phi) is 10.4. The number of carbonyl (C=O) groups is 3. The van der Waals surface area contributed by atoms with Crippen molar-refractivity contribution in [3.8, 4) is 0 Å². The number of ketones is 1. The summed E-state index contributed by atoms with van der Waals surface area (Å²) in [6, 6.07) is 13.0.